The van der Waals surface area contributed by atoms with Gasteiger partial charge in [0.05, 0.1) is 11.6 Å². The lowest BCUT2D eigenvalue weighted by Crippen LogP contribution is -2.31. The molecular weight excluding hydrogens is 414 g/mol. The summed E-state index contributed by atoms with van der Waals surface area (Å²) in [5, 5.41) is 14.2. The Hall–Kier alpha value is -4.63. The number of hydrogen-bond acceptors (Lipinski definition) is 5. The molecule has 1 aromatic heterocycles. The summed E-state index contributed by atoms with van der Waals surface area (Å²) in [5.74, 6) is 1.04. The first kappa shape index (κ1) is 19.1. The van der Waals surface area contributed by atoms with Gasteiger partial charge in [0, 0.05) is 17.7 Å². The van der Waals surface area contributed by atoms with Crippen LogP contribution in [0.15, 0.2) is 83.3 Å². The molecule has 1 N–H and O–H groups in total. The largest absolute Gasteiger partial charge is 0.480 e. The lowest BCUT2D eigenvalue weighted by molar-refractivity contribution is -0.122. The zero-order chi connectivity index (χ0) is 22.4. The second-order valence-electron chi connectivity index (χ2n) is 8.00. The van der Waals surface area contributed by atoms with Crippen molar-refractivity contribution in [3.8, 4) is 23.3 Å². The minimum atomic E-state index is -0.567. The third kappa shape index (κ3) is 3.46. The Labute approximate surface area is 189 Å². The Kier molecular flexibility index (Phi) is 4.34. The predicted molar refractivity (Wildman–Crippen MR) is 125 cm³/mol. The van der Waals surface area contributed by atoms with Crippen LogP contribution in [0.25, 0.3) is 33.3 Å². The topological polar surface area (TPSA) is 88.2 Å². The minimum absolute atomic E-state index is 0.186. The van der Waals surface area contributed by atoms with Crippen molar-refractivity contribution in [2.75, 3.05) is 5.32 Å². The standard InChI is InChI=1S/C27H17N3O3/c28-15-16-5-10-23-22(11-16)30-27(33-23)17-6-8-21(9-7-17)29-26(31)25-14-20-12-18-3-1-2-4-19(18)13-24(20)32-25/h1-13,25H,14H2,(H,29,31). The zero-order valence-corrected chi connectivity index (χ0v) is 17.4. The first-order valence-corrected chi connectivity index (χ1v) is 10.6. The molecule has 1 unspecified atom stereocenters. The molecule has 6 rings (SSSR count). The summed E-state index contributed by atoms with van der Waals surface area (Å²) >= 11 is 0. The van der Waals surface area contributed by atoms with Crippen LogP contribution in [0.1, 0.15) is 11.1 Å². The third-order valence-corrected chi connectivity index (χ3v) is 5.81. The van der Waals surface area contributed by atoms with Crippen molar-refractivity contribution in [1.29, 1.82) is 5.26 Å². The molecule has 33 heavy (non-hydrogen) atoms. The van der Waals surface area contributed by atoms with Crippen LogP contribution in [0, 0.1) is 11.3 Å². The molecule has 6 heteroatoms. The van der Waals surface area contributed by atoms with Crippen LogP contribution in [-0.4, -0.2) is 17.0 Å². The smallest absolute Gasteiger partial charge is 0.265 e. The summed E-state index contributed by atoms with van der Waals surface area (Å²) in [6.07, 6.45) is -0.0274. The molecule has 158 valence electrons. The maximum absolute atomic E-state index is 12.8. The van der Waals surface area contributed by atoms with E-state index in [9.17, 15) is 4.79 Å². The van der Waals surface area contributed by atoms with E-state index in [0.717, 1.165) is 27.6 Å². The number of nitriles is 1. The number of anilines is 1. The normalized spacial score (nSPS) is 14.6. The number of aromatic nitrogens is 1. The van der Waals surface area contributed by atoms with E-state index in [1.807, 2.05) is 36.4 Å². The van der Waals surface area contributed by atoms with Crippen LogP contribution in [0.4, 0.5) is 5.69 Å². The van der Waals surface area contributed by atoms with Crippen molar-refractivity contribution in [3.05, 3.63) is 90.0 Å². The van der Waals surface area contributed by atoms with Gasteiger partial charge in [0.15, 0.2) is 11.7 Å². The molecule has 0 fully saturated rings. The van der Waals surface area contributed by atoms with E-state index < -0.39 is 6.10 Å². The molecule has 0 aliphatic carbocycles. The summed E-state index contributed by atoms with van der Waals surface area (Å²) in [5.41, 5.74) is 4.26. The Bertz CT molecular complexity index is 1530. The highest BCUT2D eigenvalue weighted by Crippen LogP contribution is 2.33. The summed E-state index contributed by atoms with van der Waals surface area (Å²) in [7, 11) is 0. The maximum atomic E-state index is 12.8. The van der Waals surface area contributed by atoms with Crippen LogP contribution in [0.5, 0.6) is 5.75 Å². The number of hydrogen-bond donors (Lipinski definition) is 1. The average molecular weight is 431 g/mol. The van der Waals surface area contributed by atoms with E-state index in [1.165, 1.54) is 0 Å². The van der Waals surface area contributed by atoms with Gasteiger partial charge in [-0.05, 0) is 70.9 Å². The maximum Gasteiger partial charge on any atom is 0.265 e. The molecule has 2 heterocycles. The monoisotopic (exact) mass is 431 g/mol. The fourth-order valence-electron chi connectivity index (χ4n) is 4.12. The van der Waals surface area contributed by atoms with Gasteiger partial charge in [0.25, 0.3) is 5.91 Å². The number of carbonyl (C=O) groups excluding carboxylic acids is 1. The van der Waals surface area contributed by atoms with Gasteiger partial charge < -0.3 is 14.5 Å². The van der Waals surface area contributed by atoms with E-state index in [1.54, 1.807) is 30.3 Å². The molecule has 1 aliphatic rings. The van der Waals surface area contributed by atoms with Gasteiger partial charge in [-0.15, -0.1) is 0 Å². The van der Waals surface area contributed by atoms with Gasteiger partial charge in [-0.1, -0.05) is 24.3 Å². The molecule has 4 aromatic carbocycles. The molecule has 5 aromatic rings. The highest BCUT2D eigenvalue weighted by atomic mass is 16.5. The number of nitrogens with one attached hydrogen (secondary N) is 1. The first-order chi connectivity index (χ1) is 16.2. The molecule has 6 nitrogen and oxygen atoms in total. The lowest BCUT2D eigenvalue weighted by Gasteiger charge is -2.11. The molecule has 0 spiro atoms. The minimum Gasteiger partial charge on any atom is -0.480 e. The van der Waals surface area contributed by atoms with E-state index in [0.29, 0.717) is 34.7 Å². The molecule has 1 aliphatic heterocycles. The van der Waals surface area contributed by atoms with Crippen LogP contribution in [0.3, 0.4) is 0 Å². The molecule has 0 saturated heterocycles. The summed E-state index contributed by atoms with van der Waals surface area (Å²) < 4.78 is 11.7. The SMILES string of the molecule is N#Cc1ccc2oc(-c3ccc(NC(=O)C4Cc5cc6ccccc6cc5O4)cc3)nc2c1. The van der Waals surface area contributed by atoms with Gasteiger partial charge in [-0.2, -0.15) is 5.26 Å². The number of amides is 1. The fourth-order valence-corrected chi connectivity index (χ4v) is 4.12. The lowest BCUT2D eigenvalue weighted by atomic mass is 10.0. The number of ether oxygens (including phenoxy) is 1. The molecule has 0 radical (unpaired) electrons. The van der Waals surface area contributed by atoms with Crippen LogP contribution < -0.4 is 10.1 Å². The van der Waals surface area contributed by atoms with Gasteiger partial charge >= 0.3 is 0 Å². The number of carbonyl (C=O) groups is 1. The van der Waals surface area contributed by atoms with Crippen molar-refractivity contribution < 1.29 is 13.9 Å². The molecule has 1 atom stereocenters. The number of benzene rings is 4. The van der Waals surface area contributed by atoms with Crippen molar-refractivity contribution in [2.45, 2.75) is 12.5 Å². The molecule has 1 amide bonds. The second kappa shape index (κ2) is 7.50. The molecule has 0 bridgehead atoms. The fraction of sp³-hybridized carbons (Fsp3) is 0.0741. The molecule has 0 saturated carbocycles. The van der Waals surface area contributed by atoms with Crippen molar-refractivity contribution in [1.82, 2.24) is 4.98 Å². The van der Waals surface area contributed by atoms with E-state index >= 15 is 0 Å². The highest BCUT2D eigenvalue weighted by Gasteiger charge is 2.29. The number of fused-ring (bicyclic) bond motifs is 3. The Morgan fingerprint density at radius 3 is 2.58 bits per heavy atom. The van der Waals surface area contributed by atoms with Gasteiger partial charge in [-0.25, -0.2) is 4.98 Å². The van der Waals surface area contributed by atoms with Crippen LogP contribution in [-0.2, 0) is 11.2 Å². The average Bonchev–Trinajstić information content (AvgIpc) is 3.46. The number of rotatable bonds is 3. The van der Waals surface area contributed by atoms with Gasteiger partial charge in [-0.3, -0.25) is 4.79 Å². The predicted octanol–water partition coefficient (Wildman–Crippen LogP) is 5.46. The summed E-state index contributed by atoms with van der Waals surface area (Å²) in [6.45, 7) is 0. The van der Waals surface area contributed by atoms with Gasteiger partial charge in [0.2, 0.25) is 5.89 Å². The van der Waals surface area contributed by atoms with Crippen molar-refractivity contribution in [2.24, 2.45) is 0 Å². The third-order valence-electron chi connectivity index (χ3n) is 5.81. The quantitative estimate of drug-likeness (QED) is 0.410. The van der Waals surface area contributed by atoms with Crippen molar-refractivity contribution >= 4 is 33.5 Å². The first-order valence-electron chi connectivity index (χ1n) is 10.6. The number of nitrogens with zero attached hydrogens (tertiary/aromatic N) is 2. The Morgan fingerprint density at radius 1 is 1.00 bits per heavy atom. The Morgan fingerprint density at radius 2 is 1.79 bits per heavy atom. The van der Waals surface area contributed by atoms with E-state index in [4.69, 9.17) is 14.4 Å². The summed E-state index contributed by atoms with van der Waals surface area (Å²) in [6, 6.07) is 26.7. The van der Waals surface area contributed by atoms with Gasteiger partial charge in [0.1, 0.15) is 11.3 Å². The van der Waals surface area contributed by atoms with Crippen LogP contribution in [0.2, 0.25) is 0 Å². The highest BCUT2D eigenvalue weighted by molar-refractivity contribution is 5.96. The Balaban J connectivity index is 1.17. The second-order valence-corrected chi connectivity index (χ2v) is 8.00. The summed E-state index contributed by atoms with van der Waals surface area (Å²) in [4.78, 5) is 17.3. The van der Waals surface area contributed by atoms with Crippen LogP contribution >= 0.6 is 0 Å². The number of oxazole rings is 1. The van der Waals surface area contributed by atoms with E-state index in [-0.39, 0.29) is 5.91 Å². The van der Waals surface area contributed by atoms with Crippen molar-refractivity contribution in [3.63, 3.8) is 0 Å². The zero-order valence-electron chi connectivity index (χ0n) is 17.4. The molecular formula is C27H17N3O3. The van der Waals surface area contributed by atoms with E-state index in [2.05, 4.69) is 28.5 Å².